The molecule has 0 fully saturated rings. The minimum absolute atomic E-state index is 0.877. The van der Waals surface area contributed by atoms with Gasteiger partial charge in [0.1, 0.15) is 11.2 Å². The molecular weight excluding hydrogens is 428 g/mol. The Balaban J connectivity index is 1.42. The van der Waals surface area contributed by atoms with Crippen LogP contribution in [0.4, 0.5) is 0 Å². The van der Waals surface area contributed by atoms with Crippen LogP contribution < -0.4 is 0 Å². The van der Waals surface area contributed by atoms with Gasteiger partial charge in [-0.1, -0.05) is 48.5 Å². The topological polar surface area (TPSA) is 43.1 Å². The van der Waals surface area contributed by atoms with Crippen LogP contribution in [-0.4, -0.2) is 19.4 Å². The van der Waals surface area contributed by atoms with Crippen molar-refractivity contribution in [2.45, 2.75) is 12.8 Å². The van der Waals surface area contributed by atoms with Gasteiger partial charge >= 0.3 is 0 Å². The van der Waals surface area contributed by atoms with Crippen molar-refractivity contribution >= 4 is 38.6 Å². The molecule has 4 aromatic heterocycles. The van der Waals surface area contributed by atoms with E-state index in [4.69, 9.17) is 15.0 Å². The Morgan fingerprint density at radius 1 is 0.571 bits per heavy atom. The molecule has 2 aliphatic rings. The normalized spacial score (nSPS) is 13.5. The van der Waals surface area contributed by atoms with Crippen molar-refractivity contribution in [3.05, 3.63) is 107 Å². The second-order valence-electron chi connectivity index (χ2n) is 9.65. The van der Waals surface area contributed by atoms with Gasteiger partial charge in [0.2, 0.25) is 0 Å². The Labute approximate surface area is 200 Å². The molecule has 0 N–H and O–H groups in total. The fourth-order valence-electron chi connectivity index (χ4n) is 6.48. The average Bonchev–Trinajstić information content (AvgIpc) is 3.59. The zero-order valence-corrected chi connectivity index (χ0v) is 18.8. The molecule has 162 valence electrons. The first-order chi connectivity index (χ1) is 17.4. The maximum atomic E-state index is 5.25. The van der Waals surface area contributed by atoms with E-state index >= 15 is 0 Å². The highest BCUT2D eigenvalue weighted by Gasteiger charge is 2.30. The molecule has 3 aromatic carbocycles. The molecule has 0 spiro atoms. The van der Waals surface area contributed by atoms with Crippen molar-refractivity contribution in [3.8, 4) is 22.3 Å². The lowest BCUT2D eigenvalue weighted by Crippen LogP contribution is -1.94. The van der Waals surface area contributed by atoms with Crippen LogP contribution in [0.2, 0.25) is 0 Å². The first kappa shape index (κ1) is 17.8. The predicted molar refractivity (Wildman–Crippen MR) is 140 cm³/mol. The van der Waals surface area contributed by atoms with E-state index in [0.29, 0.717) is 0 Å². The summed E-state index contributed by atoms with van der Waals surface area (Å²) in [6.45, 7) is 0. The van der Waals surface area contributed by atoms with Crippen LogP contribution in [-0.2, 0) is 12.8 Å². The molecule has 7 aromatic rings. The lowest BCUT2D eigenvalue weighted by Gasteiger charge is -2.10. The van der Waals surface area contributed by atoms with Gasteiger partial charge in [-0.15, -0.1) is 0 Å². The highest BCUT2D eigenvalue weighted by Crippen LogP contribution is 2.50. The smallest absolute Gasteiger partial charge is 0.166 e. The van der Waals surface area contributed by atoms with E-state index in [0.717, 1.165) is 51.5 Å². The summed E-state index contributed by atoms with van der Waals surface area (Å²) in [6.07, 6.45) is 5.63. The molecule has 9 rings (SSSR count). The number of rotatable bonds is 0. The quantitative estimate of drug-likeness (QED) is 0.243. The molecule has 0 radical (unpaired) electrons. The van der Waals surface area contributed by atoms with Crippen molar-refractivity contribution < 1.29 is 0 Å². The van der Waals surface area contributed by atoms with Gasteiger partial charge in [-0.2, -0.15) is 0 Å². The standard InChI is InChI=1S/C31H18N4/c1-2-6-20-17(5-1)15-18-9-10-19-16-24-21(27(19)26(18)20)11-12-25-28(24)34-31-29-22(7-3-13-32-29)23-8-4-14-33-30(23)35(25)31/h1-14H,15-16H2. The molecule has 0 saturated heterocycles. The molecule has 4 heterocycles. The second-order valence-corrected chi connectivity index (χ2v) is 9.65. The summed E-state index contributed by atoms with van der Waals surface area (Å²) in [7, 11) is 0. The van der Waals surface area contributed by atoms with E-state index < -0.39 is 0 Å². The fraction of sp³-hybridized carbons (Fsp3) is 0.0645. The highest BCUT2D eigenvalue weighted by atomic mass is 15.1. The first-order valence-electron chi connectivity index (χ1n) is 12.1. The van der Waals surface area contributed by atoms with Gasteiger partial charge < -0.3 is 0 Å². The van der Waals surface area contributed by atoms with Crippen molar-refractivity contribution in [1.82, 2.24) is 19.4 Å². The fourth-order valence-corrected chi connectivity index (χ4v) is 6.48. The van der Waals surface area contributed by atoms with Gasteiger partial charge in [0.25, 0.3) is 0 Å². The van der Waals surface area contributed by atoms with E-state index in [2.05, 4.69) is 65.1 Å². The summed E-state index contributed by atoms with van der Waals surface area (Å²) in [4.78, 5) is 14.8. The first-order valence-corrected chi connectivity index (χ1v) is 12.1. The van der Waals surface area contributed by atoms with Gasteiger partial charge in [0.05, 0.1) is 11.0 Å². The average molecular weight is 447 g/mol. The van der Waals surface area contributed by atoms with Crippen molar-refractivity contribution in [1.29, 1.82) is 0 Å². The monoisotopic (exact) mass is 446 g/mol. The Morgan fingerprint density at radius 2 is 1.37 bits per heavy atom. The minimum Gasteiger partial charge on any atom is -0.274 e. The van der Waals surface area contributed by atoms with Crippen molar-refractivity contribution in [3.63, 3.8) is 0 Å². The third-order valence-electron chi connectivity index (χ3n) is 7.92. The number of benzene rings is 3. The zero-order valence-electron chi connectivity index (χ0n) is 18.8. The number of hydrogen-bond acceptors (Lipinski definition) is 3. The minimum atomic E-state index is 0.877. The van der Waals surface area contributed by atoms with Crippen LogP contribution in [0.1, 0.15) is 22.3 Å². The molecule has 0 bridgehead atoms. The van der Waals surface area contributed by atoms with Crippen LogP contribution >= 0.6 is 0 Å². The molecule has 4 nitrogen and oxygen atoms in total. The van der Waals surface area contributed by atoms with Gasteiger partial charge in [0, 0.05) is 29.6 Å². The third kappa shape index (κ3) is 2.11. The number of hydrogen-bond donors (Lipinski definition) is 0. The van der Waals surface area contributed by atoms with Crippen molar-refractivity contribution in [2.75, 3.05) is 0 Å². The van der Waals surface area contributed by atoms with Crippen molar-refractivity contribution in [2.24, 2.45) is 0 Å². The SMILES string of the molecule is c1ccc2c(c1)Cc1ccc3c(c1-2)-c1ccc2c(nc4c5ncccc5c5cccnc5n24)c1C3. The van der Waals surface area contributed by atoms with Crippen LogP contribution in [0.25, 0.3) is 60.9 Å². The molecule has 0 unspecified atom stereocenters. The number of nitrogens with zero attached hydrogens (tertiary/aromatic N) is 4. The number of fused-ring (bicyclic) bond motifs is 16. The lowest BCUT2D eigenvalue weighted by atomic mass is 9.94. The lowest BCUT2D eigenvalue weighted by molar-refractivity contribution is 1.22. The van der Waals surface area contributed by atoms with E-state index in [1.54, 1.807) is 0 Å². The van der Waals surface area contributed by atoms with Gasteiger partial charge in [-0.25, -0.2) is 9.97 Å². The molecule has 0 amide bonds. The van der Waals surface area contributed by atoms with Crippen LogP contribution in [0, 0.1) is 0 Å². The Hall–Kier alpha value is -4.57. The second kappa shape index (κ2) is 6.10. The van der Waals surface area contributed by atoms with Crippen LogP contribution in [0.15, 0.2) is 85.2 Å². The number of pyridine rings is 3. The van der Waals surface area contributed by atoms with Gasteiger partial charge in [-0.3, -0.25) is 9.38 Å². The molecule has 0 aliphatic heterocycles. The molecular formula is C31H18N4. The molecule has 0 saturated carbocycles. The largest absolute Gasteiger partial charge is 0.274 e. The third-order valence-corrected chi connectivity index (χ3v) is 7.92. The number of aromatic nitrogens is 4. The van der Waals surface area contributed by atoms with Crippen LogP contribution in [0.5, 0.6) is 0 Å². The van der Waals surface area contributed by atoms with E-state index in [1.807, 2.05) is 24.5 Å². The summed E-state index contributed by atoms with van der Waals surface area (Å²) in [5.74, 6) is 0. The Morgan fingerprint density at radius 3 is 2.31 bits per heavy atom. The van der Waals surface area contributed by atoms with Gasteiger partial charge in [0.15, 0.2) is 5.65 Å². The summed E-state index contributed by atoms with van der Waals surface area (Å²) < 4.78 is 2.20. The summed E-state index contributed by atoms with van der Waals surface area (Å²) >= 11 is 0. The Bertz CT molecular complexity index is 2070. The summed E-state index contributed by atoms with van der Waals surface area (Å²) in [6, 6.07) is 26.3. The molecule has 35 heavy (non-hydrogen) atoms. The zero-order chi connectivity index (χ0) is 22.7. The summed E-state index contributed by atoms with van der Waals surface area (Å²) in [5, 5.41) is 2.19. The van der Waals surface area contributed by atoms with Crippen LogP contribution in [0.3, 0.4) is 0 Å². The van der Waals surface area contributed by atoms with E-state index in [-0.39, 0.29) is 0 Å². The van der Waals surface area contributed by atoms with E-state index in [9.17, 15) is 0 Å². The van der Waals surface area contributed by atoms with Gasteiger partial charge in [-0.05, 0) is 75.2 Å². The summed E-state index contributed by atoms with van der Waals surface area (Å²) in [5.41, 5.74) is 16.0. The molecule has 2 aliphatic carbocycles. The maximum absolute atomic E-state index is 5.25. The molecule has 0 atom stereocenters. The van der Waals surface area contributed by atoms with E-state index in [1.165, 1.54) is 44.5 Å². The number of imidazole rings is 1. The Kier molecular flexibility index (Phi) is 3.11. The maximum Gasteiger partial charge on any atom is 0.166 e. The highest BCUT2D eigenvalue weighted by molar-refractivity contribution is 6.12. The predicted octanol–water partition coefficient (Wildman–Crippen LogP) is 6.73. The molecule has 4 heteroatoms.